The molecule has 3 heterocycles. The molecule has 3 aromatic rings. The number of rotatable bonds is 6. The number of piperazine rings is 1. The van der Waals surface area contributed by atoms with Gasteiger partial charge in [0.1, 0.15) is 0 Å². The van der Waals surface area contributed by atoms with Gasteiger partial charge in [-0.25, -0.2) is 9.67 Å². The van der Waals surface area contributed by atoms with Crippen LogP contribution in [0.3, 0.4) is 0 Å². The second-order valence-corrected chi connectivity index (χ2v) is 7.47. The van der Waals surface area contributed by atoms with Crippen LogP contribution in [0.1, 0.15) is 11.1 Å². The van der Waals surface area contributed by atoms with Gasteiger partial charge in [-0.2, -0.15) is 5.10 Å². The monoisotopic (exact) mass is 543 g/mol. The number of benzene rings is 1. The average Bonchev–Trinajstić information content (AvgIpc) is 3.37. The van der Waals surface area contributed by atoms with Gasteiger partial charge in [-0.05, 0) is 29.3 Å². The van der Waals surface area contributed by atoms with Crippen LogP contribution in [0.25, 0.3) is 11.9 Å². The molecule has 1 aromatic carbocycles. The summed E-state index contributed by atoms with van der Waals surface area (Å²) >= 11 is 0. The average molecular weight is 543 g/mol. The maximum atomic E-state index is 4.49. The third-order valence-corrected chi connectivity index (χ3v) is 5.36. The van der Waals surface area contributed by atoms with E-state index < -0.39 is 0 Å². The van der Waals surface area contributed by atoms with E-state index in [-0.39, 0.29) is 24.0 Å². The first-order valence-electron chi connectivity index (χ1n) is 10.7. The van der Waals surface area contributed by atoms with E-state index in [0.717, 1.165) is 50.1 Å². The lowest BCUT2D eigenvalue weighted by Gasteiger charge is -2.36. The minimum absolute atomic E-state index is 0. The van der Waals surface area contributed by atoms with E-state index in [1.165, 1.54) is 5.56 Å². The molecule has 1 aliphatic rings. The number of aromatic nitrogens is 3. The first kappa shape index (κ1) is 23.9. The van der Waals surface area contributed by atoms with E-state index in [2.05, 4.69) is 66.6 Å². The van der Waals surface area contributed by atoms with Gasteiger partial charge < -0.3 is 10.2 Å². The smallest absolute Gasteiger partial charge is 0.194 e. The summed E-state index contributed by atoms with van der Waals surface area (Å²) in [6.07, 6.45) is 9.91. The molecule has 168 valence electrons. The van der Waals surface area contributed by atoms with Crippen molar-refractivity contribution < 1.29 is 0 Å². The lowest BCUT2D eigenvalue weighted by molar-refractivity contribution is 0.194. The summed E-state index contributed by atoms with van der Waals surface area (Å²) in [4.78, 5) is 13.7. The first-order chi connectivity index (χ1) is 15.3. The fraction of sp³-hybridized carbons (Fsp3) is 0.292. The van der Waals surface area contributed by atoms with Crippen molar-refractivity contribution in [2.45, 2.75) is 6.54 Å². The SMILES string of the molecule is CN=C(NCc1ccnc(-n2cccn2)c1)N1CCN(C/C=C/c2ccccc2)CC1.I. The van der Waals surface area contributed by atoms with Crippen molar-refractivity contribution in [3.8, 4) is 5.82 Å². The van der Waals surface area contributed by atoms with Gasteiger partial charge >= 0.3 is 0 Å². The molecule has 0 aliphatic carbocycles. The Kier molecular flexibility index (Phi) is 9.24. The third kappa shape index (κ3) is 6.64. The molecule has 1 aliphatic heterocycles. The molecule has 0 bridgehead atoms. The van der Waals surface area contributed by atoms with Crippen LogP contribution in [0.5, 0.6) is 0 Å². The van der Waals surface area contributed by atoms with Crippen LogP contribution in [0.2, 0.25) is 0 Å². The molecule has 0 unspecified atom stereocenters. The van der Waals surface area contributed by atoms with Gasteiger partial charge in [0.05, 0.1) is 0 Å². The highest BCUT2D eigenvalue weighted by molar-refractivity contribution is 14.0. The molecule has 0 atom stereocenters. The molecule has 0 radical (unpaired) electrons. The van der Waals surface area contributed by atoms with E-state index >= 15 is 0 Å². The normalized spacial score (nSPS) is 15.0. The quantitative estimate of drug-likeness (QED) is 0.294. The number of hydrogen-bond acceptors (Lipinski definition) is 4. The molecule has 7 nitrogen and oxygen atoms in total. The van der Waals surface area contributed by atoms with Gasteiger partial charge in [0.15, 0.2) is 11.8 Å². The lowest BCUT2D eigenvalue weighted by atomic mass is 10.2. The van der Waals surface area contributed by atoms with E-state index in [9.17, 15) is 0 Å². The number of halogens is 1. The van der Waals surface area contributed by atoms with Crippen LogP contribution in [0.4, 0.5) is 0 Å². The third-order valence-electron chi connectivity index (χ3n) is 5.36. The van der Waals surface area contributed by atoms with E-state index in [4.69, 9.17) is 0 Å². The topological polar surface area (TPSA) is 61.6 Å². The van der Waals surface area contributed by atoms with Crippen LogP contribution in [0, 0.1) is 0 Å². The molecule has 0 amide bonds. The van der Waals surface area contributed by atoms with E-state index in [1.807, 2.05) is 43.7 Å². The maximum Gasteiger partial charge on any atom is 0.194 e. The number of pyridine rings is 1. The van der Waals surface area contributed by atoms with E-state index in [0.29, 0.717) is 6.54 Å². The molecular weight excluding hydrogens is 513 g/mol. The molecule has 1 N–H and O–H groups in total. The molecule has 0 spiro atoms. The van der Waals surface area contributed by atoms with Gasteiger partial charge in [0.2, 0.25) is 0 Å². The molecule has 1 saturated heterocycles. The van der Waals surface area contributed by atoms with Crippen LogP contribution < -0.4 is 5.32 Å². The van der Waals surface area contributed by atoms with Crippen molar-refractivity contribution in [1.29, 1.82) is 0 Å². The first-order valence-corrected chi connectivity index (χ1v) is 10.7. The summed E-state index contributed by atoms with van der Waals surface area (Å²) in [5, 5.41) is 7.74. The molecule has 2 aromatic heterocycles. The Bertz CT molecular complexity index is 994. The Labute approximate surface area is 206 Å². The summed E-state index contributed by atoms with van der Waals surface area (Å²) < 4.78 is 1.77. The van der Waals surface area contributed by atoms with Crippen LogP contribution >= 0.6 is 24.0 Å². The minimum Gasteiger partial charge on any atom is -0.352 e. The Morgan fingerprint density at radius 2 is 1.88 bits per heavy atom. The second-order valence-electron chi connectivity index (χ2n) is 7.47. The predicted octanol–water partition coefficient (Wildman–Crippen LogP) is 3.29. The van der Waals surface area contributed by atoms with Gasteiger partial charge in [-0.1, -0.05) is 42.5 Å². The largest absolute Gasteiger partial charge is 0.352 e. The van der Waals surface area contributed by atoms with Crippen LogP contribution in [-0.4, -0.2) is 70.3 Å². The Hall–Kier alpha value is -2.72. The molecule has 4 rings (SSSR count). The Morgan fingerprint density at radius 3 is 2.59 bits per heavy atom. The van der Waals surface area contributed by atoms with Crippen molar-refractivity contribution in [2.24, 2.45) is 4.99 Å². The highest BCUT2D eigenvalue weighted by Gasteiger charge is 2.18. The fourth-order valence-electron chi connectivity index (χ4n) is 3.66. The summed E-state index contributed by atoms with van der Waals surface area (Å²) in [7, 11) is 1.85. The summed E-state index contributed by atoms with van der Waals surface area (Å²) in [6, 6.07) is 16.4. The van der Waals surface area contributed by atoms with Crippen molar-refractivity contribution in [3.63, 3.8) is 0 Å². The van der Waals surface area contributed by atoms with Crippen LogP contribution in [-0.2, 0) is 6.54 Å². The summed E-state index contributed by atoms with van der Waals surface area (Å²) in [5.74, 6) is 1.76. The predicted molar refractivity (Wildman–Crippen MR) is 140 cm³/mol. The Morgan fingerprint density at radius 1 is 1.06 bits per heavy atom. The zero-order valence-electron chi connectivity index (χ0n) is 18.3. The zero-order chi connectivity index (χ0) is 21.3. The van der Waals surface area contributed by atoms with E-state index in [1.54, 1.807) is 10.9 Å². The van der Waals surface area contributed by atoms with Crippen molar-refractivity contribution in [1.82, 2.24) is 29.9 Å². The maximum absolute atomic E-state index is 4.49. The molecule has 1 fully saturated rings. The van der Waals surface area contributed by atoms with Crippen LogP contribution in [0.15, 0.2) is 78.2 Å². The van der Waals surface area contributed by atoms with Gasteiger partial charge in [-0.15, -0.1) is 24.0 Å². The number of nitrogens with one attached hydrogen (secondary N) is 1. The highest BCUT2D eigenvalue weighted by atomic mass is 127. The number of nitrogens with zero attached hydrogens (tertiary/aromatic N) is 6. The van der Waals surface area contributed by atoms with Crippen molar-refractivity contribution >= 4 is 36.0 Å². The van der Waals surface area contributed by atoms with Crippen molar-refractivity contribution in [3.05, 3.63) is 84.3 Å². The van der Waals surface area contributed by atoms with Crippen molar-refractivity contribution in [2.75, 3.05) is 39.8 Å². The molecule has 8 heteroatoms. The van der Waals surface area contributed by atoms with Gasteiger partial charge in [0.25, 0.3) is 0 Å². The number of aliphatic imine (C=N–C) groups is 1. The highest BCUT2D eigenvalue weighted by Crippen LogP contribution is 2.08. The lowest BCUT2D eigenvalue weighted by Crippen LogP contribution is -2.52. The fourth-order valence-corrected chi connectivity index (χ4v) is 3.66. The molecule has 0 saturated carbocycles. The Balaban J connectivity index is 0.00000289. The summed E-state index contributed by atoms with van der Waals surface area (Å²) in [5.41, 5.74) is 2.39. The minimum atomic E-state index is 0. The van der Waals surface area contributed by atoms with Gasteiger partial charge in [-0.3, -0.25) is 9.89 Å². The molecular formula is C24H30IN7. The number of guanidine groups is 1. The summed E-state index contributed by atoms with van der Waals surface area (Å²) in [6.45, 7) is 5.66. The zero-order valence-corrected chi connectivity index (χ0v) is 20.7. The van der Waals surface area contributed by atoms with Gasteiger partial charge in [0, 0.05) is 64.9 Å². The number of hydrogen-bond donors (Lipinski definition) is 1. The molecule has 32 heavy (non-hydrogen) atoms. The standard InChI is InChI=1S/C24H29N7.HI/c1-25-24(27-20-22-10-12-26-23(19-22)31-14-6-11-28-31)30-17-15-29(16-18-30)13-5-9-21-7-3-2-4-8-21;/h2-12,14,19H,13,15-18,20H2,1H3,(H,25,27);1H/b9-5+;. The second kappa shape index (κ2) is 12.4.